The predicted octanol–water partition coefficient (Wildman–Crippen LogP) is 1.98. The number of hydrogen-bond donors (Lipinski definition) is 1. The molecule has 1 saturated heterocycles. The van der Waals surface area contributed by atoms with E-state index in [1.165, 1.54) is 12.1 Å². The van der Waals surface area contributed by atoms with Crippen molar-refractivity contribution < 1.29 is 19.2 Å². The van der Waals surface area contributed by atoms with Crippen LogP contribution in [0.3, 0.4) is 0 Å². The van der Waals surface area contributed by atoms with Crippen LogP contribution in [-0.2, 0) is 9.47 Å². The lowest BCUT2D eigenvalue weighted by Crippen LogP contribution is -2.28. The highest BCUT2D eigenvalue weighted by Crippen LogP contribution is 2.28. The number of methoxy groups -OCH3 is 1. The molecule has 1 aliphatic rings. The van der Waals surface area contributed by atoms with Gasteiger partial charge in [-0.3, -0.25) is 14.9 Å². The van der Waals surface area contributed by atoms with Crippen molar-refractivity contribution in [3.63, 3.8) is 0 Å². The molecular weight excluding hydrogens is 326 g/mol. The quantitative estimate of drug-likeness (QED) is 0.393. The summed E-state index contributed by atoms with van der Waals surface area (Å²) in [6, 6.07) is 4.48. The Kier molecular flexibility index (Phi) is 7.62. The van der Waals surface area contributed by atoms with Crippen molar-refractivity contribution in [2.45, 2.75) is 19.3 Å². The fourth-order valence-corrected chi connectivity index (χ4v) is 2.77. The van der Waals surface area contributed by atoms with Crippen LogP contribution in [0.1, 0.15) is 29.6 Å². The van der Waals surface area contributed by atoms with E-state index in [2.05, 4.69) is 10.2 Å². The average molecular weight is 351 g/mol. The first-order valence-electron chi connectivity index (χ1n) is 8.51. The largest absolute Gasteiger partial charge is 0.382 e. The third kappa shape index (κ3) is 5.68. The number of nitro benzene ring substituents is 1. The molecule has 8 nitrogen and oxygen atoms in total. The number of nitro groups is 1. The fraction of sp³-hybridized carbons (Fsp3) is 0.588. The molecule has 25 heavy (non-hydrogen) atoms. The van der Waals surface area contributed by atoms with Crippen LogP contribution in [-0.4, -0.2) is 57.4 Å². The minimum absolute atomic E-state index is 0.0732. The summed E-state index contributed by atoms with van der Waals surface area (Å²) in [6.07, 6.45) is 2.80. The number of ether oxygens (including phenoxy) is 2. The van der Waals surface area contributed by atoms with Crippen LogP contribution in [0, 0.1) is 10.1 Å². The lowest BCUT2D eigenvalue weighted by molar-refractivity contribution is -0.384. The molecule has 1 N–H and O–H groups in total. The Balaban J connectivity index is 1.96. The van der Waals surface area contributed by atoms with Crippen molar-refractivity contribution in [2.75, 3.05) is 51.5 Å². The van der Waals surface area contributed by atoms with Crippen molar-refractivity contribution in [2.24, 2.45) is 0 Å². The minimum atomic E-state index is -0.478. The van der Waals surface area contributed by atoms with Crippen molar-refractivity contribution in [1.82, 2.24) is 5.32 Å². The van der Waals surface area contributed by atoms with Crippen LogP contribution in [0.15, 0.2) is 18.2 Å². The van der Waals surface area contributed by atoms with Gasteiger partial charge in [0.25, 0.3) is 11.6 Å². The van der Waals surface area contributed by atoms with Gasteiger partial charge in [0.05, 0.1) is 29.4 Å². The molecule has 8 heteroatoms. The molecule has 0 atom stereocenters. The third-order valence-corrected chi connectivity index (χ3v) is 4.07. The molecule has 1 amide bonds. The van der Waals surface area contributed by atoms with Crippen molar-refractivity contribution >= 4 is 17.3 Å². The summed E-state index contributed by atoms with van der Waals surface area (Å²) < 4.78 is 10.2. The van der Waals surface area contributed by atoms with Gasteiger partial charge < -0.3 is 19.7 Å². The molecule has 0 aromatic heterocycles. The Hall–Kier alpha value is -2.19. The summed E-state index contributed by atoms with van der Waals surface area (Å²) in [5.74, 6) is -0.289. The minimum Gasteiger partial charge on any atom is -0.382 e. The molecule has 1 fully saturated rings. The lowest BCUT2D eigenvalue weighted by atomic mass is 10.1. The summed E-state index contributed by atoms with van der Waals surface area (Å²) in [5.41, 5.74) is 1.05. The first-order chi connectivity index (χ1) is 12.1. The molecule has 1 heterocycles. The Morgan fingerprint density at radius 3 is 2.72 bits per heavy atom. The van der Waals surface area contributed by atoms with Crippen LogP contribution < -0.4 is 10.2 Å². The van der Waals surface area contributed by atoms with Gasteiger partial charge in [-0.2, -0.15) is 0 Å². The smallest absolute Gasteiger partial charge is 0.270 e. The van der Waals surface area contributed by atoms with E-state index in [9.17, 15) is 14.9 Å². The normalized spacial score (nSPS) is 13.9. The number of carbonyl (C=O) groups is 1. The highest BCUT2D eigenvalue weighted by molar-refractivity contribution is 6.00. The maximum atomic E-state index is 12.5. The summed E-state index contributed by atoms with van der Waals surface area (Å²) in [7, 11) is 1.61. The Bertz CT molecular complexity index is 588. The molecule has 0 unspecified atom stereocenters. The summed E-state index contributed by atoms with van der Waals surface area (Å²) >= 11 is 0. The summed E-state index contributed by atoms with van der Waals surface area (Å²) in [6.45, 7) is 3.77. The zero-order valence-electron chi connectivity index (χ0n) is 14.5. The average Bonchev–Trinajstić information content (AvgIpc) is 3.14. The first-order valence-corrected chi connectivity index (χ1v) is 8.51. The topological polar surface area (TPSA) is 93.9 Å². The number of nitrogens with one attached hydrogen (secondary N) is 1. The second-order valence-electron chi connectivity index (χ2n) is 5.87. The standard InChI is InChI=1S/C17H25N3O5/c1-24-11-12-25-10-4-7-18-17(21)15-13-14(20(22)23)5-6-16(15)19-8-2-3-9-19/h5-6,13H,2-4,7-12H2,1H3,(H,18,21). The molecule has 1 aromatic carbocycles. The number of hydrogen-bond acceptors (Lipinski definition) is 6. The molecule has 1 aromatic rings. The van der Waals surface area contributed by atoms with Gasteiger partial charge in [0.1, 0.15) is 0 Å². The van der Waals surface area contributed by atoms with E-state index in [-0.39, 0.29) is 11.6 Å². The Morgan fingerprint density at radius 1 is 1.28 bits per heavy atom. The number of non-ortho nitro benzene ring substituents is 1. The molecule has 1 aliphatic heterocycles. The summed E-state index contributed by atoms with van der Waals surface area (Å²) in [4.78, 5) is 25.2. The van der Waals surface area contributed by atoms with Gasteiger partial charge in [-0.15, -0.1) is 0 Å². The Labute approximate surface area is 147 Å². The summed E-state index contributed by atoms with van der Waals surface area (Å²) in [5, 5.41) is 13.8. The maximum Gasteiger partial charge on any atom is 0.270 e. The van der Waals surface area contributed by atoms with Crippen LogP contribution in [0.2, 0.25) is 0 Å². The lowest BCUT2D eigenvalue weighted by Gasteiger charge is -2.20. The van der Waals surface area contributed by atoms with Gasteiger partial charge in [0, 0.05) is 45.5 Å². The number of rotatable bonds is 10. The highest BCUT2D eigenvalue weighted by Gasteiger charge is 2.22. The van der Waals surface area contributed by atoms with E-state index in [1.54, 1.807) is 13.2 Å². The van der Waals surface area contributed by atoms with E-state index >= 15 is 0 Å². The van der Waals surface area contributed by atoms with Crippen molar-refractivity contribution in [3.8, 4) is 0 Å². The number of benzene rings is 1. The van der Waals surface area contributed by atoms with Crippen LogP contribution in [0.25, 0.3) is 0 Å². The molecule has 0 spiro atoms. The van der Waals surface area contributed by atoms with Crippen molar-refractivity contribution in [3.05, 3.63) is 33.9 Å². The second-order valence-corrected chi connectivity index (χ2v) is 5.87. The van der Waals surface area contributed by atoms with E-state index in [0.29, 0.717) is 38.3 Å². The van der Waals surface area contributed by atoms with Gasteiger partial charge in [-0.25, -0.2) is 0 Å². The van der Waals surface area contributed by atoms with Gasteiger partial charge in [-0.05, 0) is 25.3 Å². The van der Waals surface area contributed by atoms with Gasteiger partial charge >= 0.3 is 0 Å². The number of anilines is 1. The zero-order valence-corrected chi connectivity index (χ0v) is 14.5. The maximum absolute atomic E-state index is 12.5. The molecule has 0 bridgehead atoms. The van der Waals surface area contributed by atoms with Gasteiger partial charge in [0.2, 0.25) is 0 Å². The van der Waals surface area contributed by atoms with E-state index in [4.69, 9.17) is 9.47 Å². The second kappa shape index (κ2) is 9.95. The molecule has 0 radical (unpaired) electrons. The predicted molar refractivity (Wildman–Crippen MR) is 94.2 cm³/mol. The monoisotopic (exact) mass is 351 g/mol. The Morgan fingerprint density at radius 2 is 2.04 bits per heavy atom. The molecule has 0 saturated carbocycles. The molecule has 138 valence electrons. The van der Waals surface area contributed by atoms with Crippen molar-refractivity contribution in [1.29, 1.82) is 0 Å². The van der Waals surface area contributed by atoms with E-state index in [0.717, 1.165) is 31.6 Å². The highest BCUT2D eigenvalue weighted by atomic mass is 16.6. The van der Waals surface area contributed by atoms with E-state index < -0.39 is 4.92 Å². The van der Waals surface area contributed by atoms with Gasteiger partial charge in [-0.1, -0.05) is 0 Å². The first kappa shape index (κ1) is 19.1. The SMILES string of the molecule is COCCOCCCNC(=O)c1cc([N+](=O)[O-])ccc1N1CCCC1. The fourth-order valence-electron chi connectivity index (χ4n) is 2.77. The van der Waals surface area contributed by atoms with Crippen LogP contribution in [0.4, 0.5) is 11.4 Å². The van der Waals surface area contributed by atoms with Crippen LogP contribution in [0.5, 0.6) is 0 Å². The third-order valence-electron chi connectivity index (χ3n) is 4.07. The number of amides is 1. The molecule has 0 aliphatic carbocycles. The van der Waals surface area contributed by atoms with Crippen LogP contribution >= 0.6 is 0 Å². The number of carbonyl (C=O) groups excluding carboxylic acids is 1. The number of nitrogens with zero attached hydrogens (tertiary/aromatic N) is 2. The van der Waals surface area contributed by atoms with Gasteiger partial charge in [0.15, 0.2) is 0 Å². The molecular formula is C17H25N3O5. The zero-order chi connectivity index (χ0) is 18.1. The van der Waals surface area contributed by atoms with E-state index in [1.807, 2.05) is 0 Å². The molecule has 2 rings (SSSR count).